The van der Waals surface area contributed by atoms with Crippen LogP contribution >= 0.6 is 0 Å². The summed E-state index contributed by atoms with van der Waals surface area (Å²) < 4.78 is 0. The minimum Gasteiger partial charge on any atom is -0.303 e. The fourth-order valence-electron chi connectivity index (χ4n) is 7.35. The van der Waals surface area contributed by atoms with Crippen LogP contribution in [0.15, 0.2) is 0 Å². The van der Waals surface area contributed by atoms with E-state index in [1.165, 1.54) is 64.1 Å². The normalized spacial score (nSPS) is 56.2. The lowest BCUT2D eigenvalue weighted by atomic mass is 9.49. The molecule has 1 heteroatoms. The van der Waals surface area contributed by atoms with Crippen LogP contribution in [0.1, 0.15) is 71.6 Å². The Morgan fingerprint density at radius 2 is 1.71 bits per heavy atom. The largest absolute Gasteiger partial charge is 0.303 e. The highest BCUT2D eigenvalue weighted by Gasteiger charge is 2.56. The van der Waals surface area contributed by atoms with Crippen LogP contribution < -0.4 is 0 Å². The van der Waals surface area contributed by atoms with Gasteiger partial charge in [0.05, 0.1) is 0 Å². The number of fused-ring (bicyclic) bond motifs is 5. The molecule has 21 heavy (non-hydrogen) atoms. The van der Waals surface area contributed by atoms with Gasteiger partial charge in [-0.2, -0.15) is 0 Å². The van der Waals surface area contributed by atoms with E-state index in [4.69, 9.17) is 0 Å². The van der Waals surface area contributed by atoms with E-state index >= 15 is 0 Å². The SMILES string of the molecule is C[C@H]1CC[C@H]2[C@H](CC[C@@H]3[C@@H]2CC[C@]2(C)[C@@H](C=O)CC[C@@H]32)C1. The topological polar surface area (TPSA) is 17.1 Å². The summed E-state index contributed by atoms with van der Waals surface area (Å²) in [6, 6.07) is 0. The molecular weight excluding hydrogens is 256 g/mol. The van der Waals surface area contributed by atoms with Gasteiger partial charge in [-0.3, -0.25) is 0 Å². The van der Waals surface area contributed by atoms with Gasteiger partial charge in [0.15, 0.2) is 0 Å². The highest BCUT2D eigenvalue weighted by molar-refractivity contribution is 5.56. The molecule has 0 saturated heterocycles. The molecule has 4 aliphatic rings. The van der Waals surface area contributed by atoms with Crippen LogP contribution in [0.3, 0.4) is 0 Å². The van der Waals surface area contributed by atoms with Crippen molar-refractivity contribution in [3.8, 4) is 0 Å². The third kappa shape index (κ3) is 2.05. The Bertz CT molecular complexity index is 416. The van der Waals surface area contributed by atoms with Crippen LogP contribution in [0.4, 0.5) is 0 Å². The van der Waals surface area contributed by atoms with Crippen molar-refractivity contribution in [2.24, 2.45) is 46.8 Å². The smallest absolute Gasteiger partial charge is 0.123 e. The van der Waals surface area contributed by atoms with Crippen molar-refractivity contribution in [1.82, 2.24) is 0 Å². The van der Waals surface area contributed by atoms with Gasteiger partial charge in [0.2, 0.25) is 0 Å². The number of carbonyl (C=O) groups is 1. The standard InChI is InChI=1S/C20H32O/c1-13-3-6-16-14(11-13)4-7-18-17(16)9-10-20(2)15(12-21)5-8-19(18)20/h12-19H,3-11H2,1-2H3/t13-,14+,15+,16-,17+,18+,19-,20+/m0/s1. The third-order valence-electron chi connectivity index (χ3n) is 8.45. The molecule has 0 radical (unpaired) electrons. The highest BCUT2D eigenvalue weighted by atomic mass is 16.1. The molecule has 0 bridgehead atoms. The first kappa shape index (κ1) is 14.3. The lowest BCUT2D eigenvalue weighted by Gasteiger charge is -2.56. The lowest BCUT2D eigenvalue weighted by Crippen LogP contribution is -2.48. The predicted molar refractivity (Wildman–Crippen MR) is 85.8 cm³/mol. The molecule has 8 atom stereocenters. The second kappa shape index (κ2) is 5.10. The van der Waals surface area contributed by atoms with E-state index in [9.17, 15) is 4.79 Å². The Kier molecular flexibility index (Phi) is 3.47. The molecule has 1 nitrogen and oxygen atoms in total. The molecule has 4 rings (SSSR count). The molecule has 0 amide bonds. The molecule has 0 aromatic carbocycles. The highest BCUT2D eigenvalue weighted by Crippen LogP contribution is 2.63. The van der Waals surface area contributed by atoms with Crippen molar-refractivity contribution >= 4 is 6.29 Å². The van der Waals surface area contributed by atoms with Crippen molar-refractivity contribution < 1.29 is 4.79 Å². The van der Waals surface area contributed by atoms with Crippen LogP contribution in [0.2, 0.25) is 0 Å². The molecule has 118 valence electrons. The summed E-state index contributed by atoms with van der Waals surface area (Å²) >= 11 is 0. The summed E-state index contributed by atoms with van der Waals surface area (Å²) in [6.07, 6.45) is 14.0. The van der Waals surface area contributed by atoms with Gasteiger partial charge >= 0.3 is 0 Å². The fraction of sp³-hybridized carbons (Fsp3) is 0.950. The maximum absolute atomic E-state index is 11.5. The van der Waals surface area contributed by atoms with E-state index in [-0.39, 0.29) is 0 Å². The number of hydrogen-bond acceptors (Lipinski definition) is 1. The molecule has 0 aliphatic heterocycles. The summed E-state index contributed by atoms with van der Waals surface area (Å²) in [5, 5.41) is 0. The maximum atomic E-state index is 11.5. The average molecular weight is 288 g/mol. The van der Waals surface area contributed by atoms with Crippen molar-refractivity contribution in [1.29, 1.82) is 0 Å². The van der Waals surface area contributed by atoms with Gasteiger partial charge < -0.3 is 4.79 Å². The molecule has 4 aliphatic carbocycles. The first-order valence-electron chi connectivity index (χ1n) is 9.58. The van der Waals surface area contributed by atoms with Crippen LogP contribution in [-0.4, -0.2) is 6.29 Å². The number of aldehydes is 1. The molecule has 0 heterocycles. The van der Waals surface area contributed by atoms with Crippen LogP contribution in [0.25, 0.3) is 0 Å². The zero-order valence-corrected chi connectivity index (χ0v) is 13.9. The first-order valence-corrected chi connectivity index (χ1v) is 9.58. The van der Waals surface area contributed by atoms with E-state index in [1.54, 1.807) is 0 Å². The summed E-state index contributed by atoms with van der Waals surface area (Å²) in [5.41, 5.74) is 0.359. The Hall–Kier alpha value is -0.330. The molecule has 4 saturated carbocycles. The Balaban J connectivity index is 1.56. The van der Waals surface area contributed by atoms with Gasteiger partial charge in [-0.25, -0.2) is 0 Å². The second-order valence-corrected chi connectivity index (χ2v) is 9.22. The summed E-state index contributed by atoms with van der Waals surface area (Å²) in [6.45, 7) is 4.92. The van der Waals surface area contributed by atoms with E-state index in [0.717, 1.165) is 35.5 Å². The number of carbonyl (C=O) groups excluding carboxylic acids is 1. The molecule has 0 spiro atoms. The van der Waals surface area contributed by atoms with Crippen molar-refractivity contribution in [3.05, 3.63) is 0 Å². The molecular formula is C20H32O. The quantitative estimate of drug-likeness (QED) is 0.614. The van der Waals surface area contributed by atoms with Crippen LogP contribution in [0.5, 0.6) is 0 Å². The third-order valence-corrected chi connectivity index (χ3v) is 8.45. The minimum atomic E-state index is 0.359. The molecule has 0 aromatic rings. The maximum Gasteiger partial charge on any atom is 0.123 e. The van der Waals surface area contributed by atoms with E-state index in [2.05, 4.69) is 13.8 Å². The number of hydrogen-bond donors (Lipinski definition) is 0. The second-order valence-electron chi connectivity index (χ2n) is 9.22. The molecule has 0 aromatic heterocycles. The molecule has 4 fully saturated rings. The first-order chi connectivity index (χ1) is 10.1. The van der Waals surface area contributed by atoms with Gasteiger partial charge in [0.25, 0.3) is 0 Å². The summed E-state index contributed by atoms with van der Waals surface area (Å²) in [4.78, 5) is 11.5. The Labute approximate surface area is 130 Å². The van der Waals surface area contributed by atoms with E-state index < -0.39 is 0 Å². The average Bonchev–Trinajstić information content (AvgIpc) is 2.83. The predicted octanol–water partition coefficient (Wildman–Crippen LogP) is 5.09. The van der Waals surface area contributed by atoms with Gasteiger partial charge in [-0.15, -0.1) is 0 Å². The summed E-state index contributed by atoms with van der Waals surface area (Å²) in [7, 11) is 0. The van der Waals surface area contributed by atoms with Crippen molar-refractivity contribution in [3.63, 3.8) is 0 Å². The Morgan fingerprint density at radius 3 is 2.52 bits per heavy atom. The van der Waals surface area contributed by atoms with Crippen molar-refractivity contribution in [2.75, 3.05) is 0 Å². The van der Waals surface area contributed by atoms with E-state index in [0.29, 0.717) is 11.3 Å². The lowest BCUT2D eigenvalue weighted by molar-refractivity contribution is -0.118. The van der Waals surface area contributed by atoms with Gasteiger partial charge in [-0.1, -0.05) is 20.3 Å². The zero-order valence-electron chi connectivity index (χ0n) is 13.9. The van der Waals surface area contributed by atoms with Crippen LogP contribution in [0, 0.1) is 46.8 Å². The van der Waals surface area contributed by atoms with Gasteiger partial charge in [0.1, 0.15) is 6.29 Å². The van der Waals surface area contributed by atoms with Gasteiger partial charge in [0, 0.05) is 5.92 Å². The summed E-state index contributed by atoms with van der Waals surface area (Å²) in [5.74, 6) is 6.27. The molecule has 0 N–H and O–H groups in total. The number of rotatable bonds is 1. The Morgan fingerprint density at radius 1 is 0.905 bits per heavy atom. The fourth-order valence-corrected chi connectivity index (χ4v) is 7.35. The van der Waals surface area contributed by atoms with Crippen molar-refractivity contribution in [2.45, 2.75) is 71.6 Å². The monoisotopic (exact) mass is 288 g/mol. The van der Waals surface area contributed by atoms with Gasteiger partial charge in [-0.05, 0) is 92.3 Å². The minimum absolute atomic E-state index is 0.359. The zero-order chi connectivity index (χ0) is 14.6. The van der Waals surface area contributed by atoms with E-state index in [1.807, 2.05) is 0 Å². The molecule has 0 unspecified atom stereocenters. The van der Waals surface area contributed by atoms with Crippen LogP contribution in [-0.2, 0) is 4.79 Å².